The highest BCUT2D eigenvalue weighted by molar-refractivity contribution is 5.89. The quantitative estimate of drug-likeness (QED) is 0.726. The number of aryl methyl sites for hydroxylation is 1. The fraction of sp³-hybridized carbons (Fsp3) is 0.273. The van der Waals surface area contributed by atoms with Crippen molar-refractivity contribution in [2.24, 2.45) is 0 Å². The Bertz CT molecular complexity index is 979. The molecule has 1 fully saturated rings. The highest BCUT2D eigenvalue weighted by Gasteiger charge is 2.22. The fourth-order valence-corrected chi connectivity index (χ4v) is 3.46. The van der Waals surface area contributed by atoms with E-state index in [2.05, 4.69) is 21.3 Å². The van der Waals surface area contributed by atoms with Gasteiger partial charge in [-0.25, -0.2) is 9.78 Å². The average molecular weight is 392 g/mol. The number of methoxy groups -OCH3 is 1. The minimum atomic E-state index is -0.0653. The number of hydrogen-bond donors (Lipinski definition) is 1. The first-order valence-corrected chi connectivity index (χ1v) is 9.61. The molecular weight excluding hydrogens is 368 g/mol. The third-order valence-electron chi connectivity index (χ3n) is 5.03. The highest BCUT2D eigenvalue weighted by Crippen LogP contribution is 2.34. The molecule has 2 heterocycles. The van der Waals surface area contributed by atoms with Crippen LogP contribution >= 0.6 is 0 Å². The molecule has 0 bridgehead atoms. The first kappa shape index (κ1) is 18.9. The standard InChI is InChI=1S/C22H24N4O3/c1-16-23-15-21(29-16)19-9-8-18(14-20(19)28-2)25-10-12-26(13-11-25)22(27)24-17-6-4-3-5-7-17/h3-9,14-15H,10-13H2,1-2H3,(H,24,27). The lowest BCUT2D eigenvalue weighted by Gasteiger charge is -2.36. The van der Waals surface area contributed by atoms with Crippen LogP contribution in [0.1, 0.15) is 5.89 Å². The number of carbonyl (C=O) groups excluding carboxylic acids is 1. The van der Waals surface area contributed by atoms with E-state index < -0.39 is 0 Å². The summed E-state index contributed by atoms with van der Waals surface area (Å²) in [6.07, 6.45) is 1.71. The molecule has 0 unspecified atom stereocenters. The van der Waals surface area contributed by atoms with Gasteiger partial charge in [0.25, 0.3) is 0 Å². The van der Waals surface area contributed by atoms with Gasteiger partial charge in [0.1, 0.15) is 5.75 Å². The SMILES string of the molecule is COc1cc(N2CCN(C(=O)Nc3ccccc3)CC2)ccc1-c1cnc(C)o1. The second kappa shape index (κ2) is 8.26. The smallest absolute Gasteiger partial charge is 0.321 e. The summed E-state index contributed by atoms with van der Waals surface area (Å²) in [5.74, 6) is 2.05. The number of urea groups is 1. The molecule has 0 saturated carbocycles. The van der Waals surface area contributed by atoms with Gasteiger partial charge >= 0.3 is 6.03 Å². The Balaban J connectivity index is 1.41. The summed E-state index contributed by atoms with van der Waals surface area (Å²) in [6, 6.07) is 15.5. The van der Waals surface area contributed by atoms with Crippen LogP contribution in [0, 0.1) is 6.92 Å². The van der Waals surface area contributed by atoms with Crippen LogP contribution in [-0.2, 0) is 0 Å². The maximum absolute atomic E-state index is 12.5. The summed E-state index contributed by atoms with van der Waals surface area (Å²) in [7, 11) is 1.65. The zero-order valence-electron chi connectivity index (χ0n) is 16.6. The summed E-state index contributed by atoms with van der Waals surface area (Å²) in [5, 5.41) is 2.94. The number of aromatic nitrogens is 1. The third-order valence-corrected chi connectivity index (χ3v) is 5.03. The molecule has 1 aromatic heterocycles. The van der Waals surface area contributed by atoms with E-state index in [4.69, 9.17) is 9.15 Å². The van der Waals surface area contributed by atoms with Crippen LogP contribution in [0.4, 0.5) is 16.2 Å². The predicted molar refractivity (Wildman–Crippen MR) is 112 cm³/mol. The van der Waals surface area contributed by atoms with Gasteiger partial charge in [-0.1, -0.05) is 18.2 Å². The molecule has 0 spiro atoms. The molecule has 0 atom stereocenters. The third kappa shape index (κ3) is 4.18. The number of benzene rings is 2. The van der Waals surface area contributed by atoms with Crippen LogP contribution < -0.4 is 15.0 Å². The number of ether oxygens (including phenoxy) is 1. The molecule has 29 heavy (non-hydrogen) atoms. The normalized spacial score (nSPS) is 14.0. The van der Waals surface area contributed by atoms with E-state index in [0.29, 0.717) is 24.7 Å². The van der Waals surface area contributed by atoms with Gasteiger partial charge in [0.15, 0.2) is 11.7 Å². The number of para-hydroxylation sites is 1. The average Bonchev–Trinajstić information content (AvgIpc) is 3.20. The summed E-state index contributed by atoms with van der Waals surface area (Å²) in [6.45, 7) is 4.64. The maximum atomic E-state index is 12.5. The Hall–Kier alpha value is -3.48. The first-order valence-electron chi connectivity index (χ1n) is 9.61. The predicted octanol–water partition coefficient (Wildman–Crippen LogP) is 4.01. The lowest BCUT2D eigenvalue weighted by molar-refractivity contribution is 0.208. The molecule has 4 rings (SSSR count). The summed E-state index contributed by atoms with van der Waals surface area (Å²) >= 11 is 0. The lowest BCUT2D eigenvalue weighted by Crippen LogP contribution is -2.50. The van der Waals surface area contributed by atoms with Crippen molar-refractivity contribution in [2.45, 2.75) is 6.92 Å². The number of hydrogen-bond acceptors (Lipinski definition) is 5. The number of piperazine rings is 1. The summed E-state index contributed by atoms with van der Waals surface area (Å²) < 4.78 is 11.2. The molecule has 0 radical (unpaired) electrons. The number of carbonyl (C=O) groups is 1. The van der Waals surface area contributed by atoms with Crippen LogP contribution in [0.15, 0.2) is 59.1 Å². The van der Waals surface area contributed by atoms with Gasteiger partial charge < -0.3 is 24.3 Å². The van der Waals surface area contributed by atoms with Crippen molar-refractivity contribution in [3.63, 3.8) is 0 Å². The second-order valence-corrected chi connectivity index (χ2v) is 6.90. The van der Waals surface area contributed by atoms with Crippen LogP contribution in [0.3, 0.4) is 0 Å². The fourth-order valence-electron chi connectivity index (χ4n) is 3.46. The number of anilines is 2. The second-order valence-electron chi connectivity index (χ2n) is 6.90. The zero-order valence-corrected chi connectivity index (χ0v) is 16.6. The minimum Gasteiger partial charge on any atom is -0.496 e. The Morgan fingerprint density at radius 3 is 2.52 bits per heavy atom. The van der Waals surface area contributed by atoms with Crippen molar-refractivity contribution >= 4 is 17.4 Å². The molecule has 1 aliphatic heterocycles. The Morgan fingerprint density at radius 2 is 1.86 bits per heavy atom. The van der Waals surface area contributed by atoms with Crippen LogP contribution in [0.2, 0.25) is 0 Å². The molecule has 1 aliphatic rings. The van der Waals surface area contributed by atoms with Gasteiger partial charge in [-0.2, -0.15) is 0 Å². The van der Waals surface area contributed by atoms with Crippen molar-refractivity contribution in [3.05, 3.63) is 60.6 Å². The molecule has 3 aromatic rings. The van der Waals surface area contributed by atoms with Gasteiger partial charge in [-0.15, -0.1) is 0 Å². The van der Waals surface area contributed by atoms with E-state index in [1.54, 1.807) is 13.3 Å². The molecule has 150 valence electrons. The molecule has 1 saturated heterocycles. The van der Waals surface area contributed by atoms with Crippen molar-refractivity contribution < 1.29 is 13.9 Å². The minimum absolute atomic E-state index is 0.0653. The van der Waals surface area contributed by atoms with Gasteiger partial charge in [-0.05, 0) is 24.3 Å². The number of nitrogens with one attached hydrogen (secondary N) is 1. The van der Waals surface area contributed by atoms with Gasteiger partial charge in [0, 0.05) is 50.5 Å². The maximum Gasteiger partial charge on any atom is 0.321 e. The topological polar surface area (TPSA) is 70.8 Å². The number of rotatable bonds is 4. The van der Waals surface area contributed by atoms with Crippen molar-refractivity contribution in [2.75, 3.05) is 43.5 Å². The monoisotopic (exact) mass is 392 g/mol. The Morgan fingerprint density at radius 1 is 1.10 bits per heavy atom. The molecule has 1 N–H and O–H groups in total. The van der Waals surface area contributed by atoms with E-state index in [1.165, 1.54) is 0 Å². The molecule has 0 aliphatic carbocycles. The molecular formula is C22H24N4O3. The number of nitrogens with zero attached hydrogens (tertiary/aromatic N) is 3. The van der Waals surface area contributed by atoms with E-state index in [0.717, 1.165) is 35.8 Å². The van der Waals surface area contributed by atoms with Crippen molar-refractivity contribution in [1.82, 2.24) is 9.88 Å². The van der Waals surface area contributed by atoms with Crippen LogP contribution in [0.5, 0.6) is 5.75 Å². The van der Waals surface area contributed by atoms with Crippen LogP contribution in [-0.4, -0.2) is 49.2 Å². The Kier molecular flexibility index (Phi) is 5.37. The van der Waals surface area contributed by atoms with E-state index in [1.807, 2.05) is 54.3 Å². The number of oxazole rings is 1. The van der Waals surface area contributed by atoms with Crippen LogP contribution in [0.25, 0.3) is 11.3 Å². The summed E-state index contributed by atoms with van der Waals surface area (Å²) in [4.78, 5) is 20.7. The van der Waals surface area contributed by atoms with Gasteiger partial charge in [-0.3, -0.25) is 0 Å². The van der Waals surface area contributed by atoms with Gasteiger partial charge in [0.05, 0.1) is 18.9 Å². The first-order chi connectivity index (χ1) is 14.1. The molecule has 2 amide bonds. The highest BCUT2D eigenvalue weighted by atomic mass is 16.5. The number of amides is 2. The lowest BCUT2D eigenvalue weighted by atomic mass is 10.1. The van der Waals surface area contributed by atoms with Crippen molar-refractivity contribution in [1.29, 1.82) is 0 Å². The largest absolute Gasteiger partial charge is 0.496 e. The molecule has 2 aromatic carbocycles. The zero-order chi connectivity index (χ0) is 20.2. The Labute approximate surface area is 169 Å². The molecule has 7 nitrogen and oxygen atoms in total. The van der Waals surface area contributed by atoms with Gasteiger partial charge in [0.2, 0.25) is 0 Å². The van der Waals surface area contributed by atoms with E-state index >= 15 is 0 Å². The van der Waals surface area contributed by atoms with E-state index in [-0.39, 0.29) is 6.03 Å². The molecule has 7 heteroatoms. The summed E-state index contributed by atoms with van der Waals surface area (Å²) in [5.41, 5.74) is 2.74. The van der Waals surface area contributed by atoms with E-state index in [9.17, 15) is 4.79 Å². The van der Waals surface area contributed by atoms with Crippen molar-refractivity contribution in [3.8, 4) is 17.1 Å².